The summed E-state index contributed by atoms with van der Waals surface area (Å²) in [6.07, 6.45) is 0.125. The van der Waals surface area contributed by atoms with E-state index in [0.717, 1.165) is 7.11 Å². The second kappa shape index (κ2) is 6.09. The van der Waals surface area contributed by atoms with Crippen LogP contribution in [0.2, 0.25) is 0 Å². The summed E-state index contributed by atoms with van der Waals surface area (Å²) < 4.78 is 4.20. The Balaban J connectivity index is 3.79. The number of rotatable bonds is 3. The summed E-state index contributed by atoms with van der Waals surface area (Å²) in [6.45, 7) is 5.68. The monoisotopic (exact) mass is 230 g/mol. The van der Waals surface area contributed by atoms with Crippen LogP contribution in [0, 0.1) is 0 Å². The summed E-state index contributed by atoms with van der Waals surface area (Å²) in [6, 6.07) is 0. The summed E-state index contributed by atoms with van der Waals surface area (Å²) in [4.78, 5) is 32.9. The van der Waals surface area contributed by atoms with Crippen LogP contribution in [-0.2, 0) is 19.1 Å². The molecule has 0 radical (unpaired) electrons. The molecule has 0 fully saturated rings. The number of methoxy groups -OCH3 is 1. The van der Waals surface area contributed by atoms with Gasteiger partial charge in [0.05, 0.1) is 7.11 Å². The molecule has 0 saturated heterocycles. The third kappa shape index (κ3) is 6.80. The fraction of sp³-hybridized carbons (Fsp3) is 0.700. The van der Waals surface area contributed by atoms with Gasteiger partial charge in [0.2, 0.25) is 5.91 Å². The average molecular weight is 230 g/mol. The molecule has 0 rings (SSSR count). The Labute approximate surface area is 94.7 Å². The second-order valence-electron chi connectivity index (χ2n) is 4.30. The highest BCUT2D eigenvalue weighted by Gasteiger charge is 2.15. The zero-order valence-electron chi connectivity index (χ0n) is 10.0. The average Bonchev–Trinajstić information content (AvgIpc) is 2.13. The van der Waals surface area contributed by atoms with Gasteiger partial charge >= 0.3 is 11.9 Å². The Morgan fingerprint density at radius 1 is 1.19 bits per heavy atom. The quantitative estimate of drug-likeness (QED) is 0.509. The van der Waals surface area contributed by atoms with Gasteiger partial charge in [-0.2, -0.15) is 0 Å². The van der Waals surface area contributed by atoms with E-state index >= 15 is 0 Å². The molecule has 0 spiro atoms. The van der Waals surface area contributed by atoms with Crippen LogP contribution in [0.3, 0.4) is 0 Å². The minimum atomic E-state index is -0.962. The molecule has 6 nitrogen and oxygen atoms in total. The van der Waals surface area contributed by atoms with Crippen molar-refractivity contribution in [2.45, 2.75) is 32.7 Å². The van der Waals surface area contributed by atoms with Gasteiger partial charge in [-0.05, 0) is 20.8 Å². The third-order valence-corrected chi connectivity index (χ3v) is 1.52. The second-order valence-corrected chi connectivity index (χ2v) is 4.30. The van der Waals surface area contributed by atoms with Crippen molar-refractivity contribution in [3.63, 3.8) is 0 Å². The smallest absolute Gasteiger partial charge is 0.396 e. The molecule has 0 aromatic rings. The number of amides is 2. The maximum Gasteiger partial charge on any atom is 0.396 e. The highest BCUT2D eigenvalue weighted by Crippen LogP contribution is 1.98. The minimum Gasteiger partial charge on any atom is -0.462 e. The van der Waals surface area contributed by atoms with Crippen LogP contribution < -0.4 is 10.6 Å². The van der Waals surface area contributed by atoms with Crippen molar-refractivity contribution in [2.75, 3.05) is 13.7 Å². The first-order valence-corrected chi connectivity index (χ1v) is 4.93. The van der Waals surface area contributed by atoms with Crippen molar-refractivity contribution < 1.29 is 19.1 Å². The first kappa shape index (κ1) is 14.4. The van der Waals surface area contributed by atoms with E-state index in [9.17, 15) is 14.4 Å². The zero-order valence-corrected chi connectivity index (χ0v) is 10.0. The molecule has 0 aliphatic carbocycles. The van der Waals surface area contributed by atoms with Gasteiger partial charge in [-0.25, -0.2) is 4.79 Å². The van der Waals surface area contributed by atoms with E-state index in [4.69, 9.17) is 0 Å². The zero-order chi connectivity index (χ0) is 12.8. The van der Waals surface area contributed by atoms with Gasteiger partial charge in [-0.1, -0.05) is 0 Å². The first-order chi connectivity index (χ1) is 7.26. The molecule has 2 N–H and O–H groups in total. The van der Waals surface area contributed by atoms with Crippen molar-refractivity contribution in [3.8, 4) is 0 Å². The molecule has 0 aromatic heterocycles. The Morgan fingerprint density at radius 2 is 1.75 bits per heavy atom. The summed E-state index contributed by atoms with van der Waals surface area (Å²) in [5.74, 6) is -1.99. The standard InChI is InChI=1S/C10H18N2O4/c1-10(2,3)12-7(13)5-6-11-8(14)9(15)16-4/h5-6H2,1-4H3,(H,11,14)(H,12,13). The number of esters is 1. The summed E-state index contributed by atoms with van der Waals surface area (Å²) >= 11 is 0. The fourth-order valence-electron chi connectivity index (χ4n) is 0.935. The van der Waals surface area contributed by atoms with Crippen molar-refractivity contribution in [3.05, 3.63) is 0 Å². The summed E-state index contributed by atoms with van der Waals surface area (Å²) in [7, 11) is 1.12. The lowest BCUT2D eigenvalue weighted by molar-refractivity contribution is -0.152. The van der Waals surface area contributed by atoms with Gasteiger partial charge in [-0.3, -0.25) is 9.59 Å². The topological polar surface area (TPSA) is 84.5 Å². The third-order valence-electron chi connectivity index (χ3n) is 1.52. The minimum absolute atomic E-state index is 0.107. The number of carbonyl (C=O) groups is 3. The first-order valence-electron chi connectivity index (χ1n) is 4.93. The van der Waals surface area contributed by atoms with Gasteiger partial charge in [0, 0.05) is 18.5 Å². The van der Waals surface area contributed by atoms with Gasteiger partial charge in [0.25, 0.3) is 0 Å². The van der Waals surface area contributed by atoms with Gasteiger partial charge in [0.1, 0.15) is 0 Å². The molecule has 0 atom stereocenters. The Hall–Kier alpha value is -1.59. The molecule has 16 heavy (non-hydrogen) atoms. The van der Waals surface area contributed by atoms with E-state index in [1.165, 1.54) is 0 Å². The van der Waals surface area contributed by atoms with Crippen LogP contribution >= 0.6 is 0 Å². The Bertz CT molecular complexity index is 281. The molecular formula is C10H18N2O4. The lowest BCUT2D eigenvalue weighted by Gasteiger charge is -2.20. The Morgan fingerprint density at radius 3 is 2.19 bits per heavy atom. The van der Waals surface area contributed by atoms with Crippen LogP contribution in [0.1, 0.15) is 27.2 Å². The summed E-state index contributed by atoms with van der Waals surface area (Å²) in [5.41, 5.74) is -0.302. The van der Waals surface area contributed by atoms with Crippen LogP contribution in [0.4, 0.5) is 0 Å². The number of hydrogen-bond donors (Lipinski definition) is 2. The van der Waals surface area contributed by atoms with Crippen LogP contribution in [0.15, 0.2) is 0 Å². The molecule has 6 heteroatoms. The van der Waals surface area contributed by atoms with E-state index in [2.05, 4.69) is 15.4 Å². The lowest BCUT2D eigenvalue weighted by Crippen LogP contribution is -2.42. The molecule has 0 aromatic carbocycles. The van der Waals surface area contributed by atoms with Gasteiger partial charge < -0.3 is 15.4 Å². The normalized spacial score (nSPS) is 10.5. The largest absolute Gasteiger partial charge is 0.462 e. The molecule has 2 amide bonds. The predicted octanol–water partition coefficient (Wildman–Crippen LogP) is -0.420. The fourth-order valence-corrected chi connectivity index (χ4v) is 0.935. The highest BCUT2D eigenvalue weighted by atomic mass is 16.5. The summed E-state index contributed by atoms with van der Waals surface area (Å²) in [5, 5.41) is 5.01. The Kier molecular flexibility index (Phi) is 5.49. The molecular weight excluding hydrogens is 212 g/mol. The SMILES string of the molecule is COC(=O)C(=O)NCCC(=O)NC(C)(C)C. The number of ether oxygens (including phenoxy) is 1. The highest BCUT2D eigenvalue weighted by molar-refractivity contribution is 6.32. The number of hydrogen-bond acceptors (Lipinski definition) is 4. The molecule has 92 valence electrons. The van der Waals surface area contributed by atoms with Crippen LogP contribution in [0.5, 0.6) is 0 Å². The maximum absolute atomic E-state index is 11.3. The predicted molar refractivity (Wildman–Crippen MR) is 57.5 cm³/mol. The molecule has 0 aliphatic heterocycles. The van der Waals surface area contributed by atoms with Crippen LogP contribution in [0.25, 0.3) is 0 Å². The van der Waals surface area contributed by atoms with E-state index in [0.29, 0.717) is 0 Å². The molecule has 0 aliphatic rings. The lowest BCUT2D eigenvalue weighted by atomic mass is 10.1. The van der Waals surface area contributed by atoms with Crippen molar-refractivity contribution >= 4 is 17.8 Å². The molecule has 0 unspecified atom stereocenters. The maximum atomic E-state index is 11.3. The van der Waals surface area contributed by atoms with Crippen molar-refractivity contribution in [1.82, 2.24) is 10.6 Å². The number of nitrogens with one attached hydrogen (secondary N) is 2. The van der Waals surface area contributed by atoms with Gasteiger partial charge in [-0.15, -0.1) is 0 Å². The van der Waals surface area contributed by atoms with E-state index in [1.54, 1.807) is 0 Å². The van der Waals surface area contributed by atoms with Crippen molar-refractivity contribution in [1.29, 1.82) is 0 Å². The molecule has 0 heterocycles. The van der Waals surface area contributed by atoms with E-state index in [1.807, 2.05) is 20.8 Å². The molecule has 0 bridgehead atoms. The van der Waals surface area contributed by atoms with Crippen molar-refractivity contribution in [2.24, 2.45) is 0 Å². The van der Waals surface area contributed by atoms with Gasteiger partial charge in [0.15, 0.2) is 0 Å². The molecule has 0 saturated carbocycles. The van der Waals surface area contributed by atoms with E-state index in [-0.39, 0.29) is 24.4 Å². The van der Waals surface area contributed by atoms with Crippen LogP contribution in [-0.4, -0.2) is 37.0 Å². The van der Waals surface area contributed by atoms with E-state index < -0.39 is 11.9 Å². The number of carbonyl (C=O) groups excluding carboxylic acids is 3.